The maximum absolute atomic E-state index is 14.3. The van der Waals surface area contributed by atoms with Crippen LogP contribution in [0.15, 0.2) is 66.7 Å². The molecule has 5 nitrogen and oxygen atoms in total. The van der Waals surface area contributed by atoms with E-state index in [1.54, 1.807) is 4.90 Å². The third-order valence-corrected chi connectivity index (χ3v) is 8.05. The Morgan fingerprint density at radius 3 is 2.24 bits per heavy atom. The molecule has 3 aromatic carbocycles. The minimum atomic E-state index is -0.599. The molecule has 0 radical (unpaired) electrons. The van der Waals surface area contributed by atoms with Gasteiger partial charge in [-0.1, -0.05) is 59.6 Å². The zero-order valence-electron chi connectivity index (χ0n) is 20.5. The lowest BCUT2D eigenvalue weighted by atomic mass is 10.0. The number of rotatable bonds is 7. The Morgan fingerprint density at radius 1 is 0.868 bits per heavy atom. The zero-order valence-corrected chi connectivity index (χ0v) is 22.1. The normalized spacial score (nSPS) is 19.8. The number of likely N-dealkylation sites (tertiary alicyclic amines) is 2. The fraction of sp³-hybridized carbons (Fsp3) is 0.310. The molecule has 2 saturated heterocycles. The van der Waals surface area contributed by atoms with E-state index in [9.17, 15) is 18.4 Å². The number of carbonyl (C=O) groups excluding carboxylic acids is 2. The van der Waals surface area contributed by atoms with E-state index in [0.29, 0.717) is 36.9 Å². The Hall–Kier alpha value is -3.00. The predicted octanol–water partition coefficient (Wildman–Crippen LogP) is 5.84. The molecular weight excluding hydrogens is 531 g/mol. The molecule has 0 bridgehead atoms. The van der Waals surface area contributed by atoms with Gasteiger partial charge in [-0.15, -0.1) is 0 Å². The third kappa shape index (κ3) is 5.70. The van der Waals surface area contributed by atoms with E-state index in [-0.39, 0.29) is 33.5 Å². The van der Waals surface area contributed by atoms with Crippen molar-refractivity contribution in [1.82, 2.24) is 15.1 Å². The Balaban J connectivity index is 1.20. The molecule has 3 aromatic rings. The lowest BCUT2D eigenvalue weighted by Crippen LogP contribution is -2.35. The number of amides is 2. The Bertz CT molecular complexity index is 1310. The van der Waals surface area contributed by atoms with E-state index in [4.69, 9.17) is 23.2 Å². The van der Waals surface area contributed by atoms with Crippen LogP contribution in [0.1, 0.15) is 38.7 Å². The first-order chi connectivity index (χ1) is 18.3. The summed E-state index contributed by atoms with van der Waals surface area (Å²) in [6, 6.07) is 17.7. The highest BCUT2D eigenvalue weighted by atomic mass is 35.5. The molecular formula is C29H27Cl2F2N3O2. The molecule has 1 N–H and O–H groups in total. The smallest absolute Gasteiger partial charge is 0.258 e. The van der Waals surface area contributed by atoms with Crippen molar-refractivity contribution in [2.24, 2.45) is 11.8 Å². The van der Waals surface area contributed by atoms with Gasteiger partial charge in [0.2, 0.25) is 0 Å². The second-order valence-electron chi connectivity index (χ2n) is 9.94. The van der Waals surface area contributed by atoms with Gasteiger partial charge in [0.25, 0.3) is 11.8 Å². The average Bonchev–Trinajstić information content (AvgIpc) is 3.47. The number of halogens is 4. The molecule has 5 rings (SSSR count). The monoisotopic (exact) mass is 557 g/mol. The van der Waals surface area contributed by atoms with Gasteiger partial charge in [-0.3, -0.25) is 9.59 Å². The van der Waals surface area contributed by atoms with Crippen molar-refractivity contribution < 1.29 is 18.4 Å². The number of fused-ring (bicyclic) bond motifs is 1. The third-order valence-electron chi connectivity index (χ3n) is 7.45. The highest BCUT2D eigenvalue weighted by Crippen LogP contribution is 2.34. The van der Waals surface area contributed by atoms with Crippen molar-refractivity contribution in [3.63, 3.8) is 0 Å². The van der Waals surface area contributed by atoms with Crippen LogP contribution >= 0.6 is 23.2 Å². The average molecular weight is 558 g/mol. The molecule has 38 heavy (non-hydrogen) atoms. The van der Waals surface area contributed by atoms with Crippen LogP contribution in [0.4, 0.5) is 8.78 Å². The zero-order chi connectivity index (χ0) is 26.8. The number of benzene rings is 3. The second-order valence-corrected chi connectivity index (χ2v) is 10.8. The van der Waals surface area contributed by atoms with Gasteiger partial charge < -0.3 is 15.1 Å². The SMILES string of the molecule is O=C(NC(CCN1CC2CN(C(=O)c3c(F)cccc3Cl)CC2C1)c1ccccc1)c1ccc(F)c(Cl)c1. The molecule has 3 atom stereocenters. The summed E-state index contributed by atoms with van der Waals surface area (Å²) < 4.78 is 27.8. The van der Waals surface area contributed by atoms with Crippen molar-refractivity contribution in [2.45, 2.75) is 12.5 Å². The summed E-state index contributed by atoms with van der Waals surface area (Å²) in [7, 11) is 0. The number of hydrogen-bond donors (Lipinski definition) is 1. The molecule has 9 heteroatoms. The summed E-state index contributed by atoms with van der Waals surface area (Å²) in [5.41, 5.74) is 1.22. The minimum Gasteiger partial charge on any atom is -0.345 e. The largest absolute Gasteiger partial charge is 0.345 e. The molecule has 198 valence electrons. The highest BCUT2D eigenvalue weighted by Gasteiger charge is 2.42. The van der Waals surface area contributed by atoms with Crippen LogP contribution in [0.2, 0.25) is 10.0 Å². The van der Waals surface area contributed by atoms with Crippen LogP contribution < -0.4 is 5.32 Å². The first-order valence-corrected chi connectivity index (χ1v) is 13.3. The topological polar surface area (TPSA) is 52.7 Å². The van der Waals surface area contributed by atoms with Crippen LogP contribution in [0, 0.1) is 23.5 Å². The summed E-state index contributed by atoms with van der Waals surface area (Å²) >= 11 is 12.0. The lowest BCUT2D eigenvalue weighted by molar-refractivity contribution is 0.0769. The minimum absolute atomic E-state index is 0.0603. The fourth-order valence-corrected chi connectivity index (χ4v) is 5.92. The summed E-state index contributed by atoms with van der Waals surface area (Å²) in [6.45, 7) is 3.53. The van der Waals surface area contributed by atoms with Gasteiger partial charge in [0.15, 0.2) is 0 Å². The molecule has 0 spiro atoms. The van der Waals surface area contributed by atoms with Gasteiger partial charge in [0.05, 0.1) is 21.7 Å². The van der Waals surface area contributed by atoms with Gasteiger partial charge in [-0.05, 0) is 54.2 Å². The maximum atomic E-state index is 14.3. The van der Waals surface area contributed by atoms with E-state index in [1.807, 2.05) is 30.3 Å². The Kier molecular flexibility index (Phi) is 7.98. The van der Waals surface area contributed by atoms with E-state index < -0.39 is 11.6 Å². The van der Waals surface area contributed by atoms with Crippen LogP contribution in [0.25, 0.3) is 0 Å². The molecule has 2 aliphatic rings. The van der Waals surface area contributed by atoms with Gasteiger partial charge in [0, 0.05) is 38.3 Å². The summed E-state index contributed by atoms with van der Waals surface area (Å²) in [5, 5.41) is 3.11. The molecule has 0 aliphatic carbocycles. The highest BCUT2D eigenvalue weighted by molar-refractivity contribution is 6.33. The van der Waals surface area contributed by atoms with E-state index >= 15 is 0 Å². The first-order valence-electron chi connectivity index (χ1n) is 12.6. The predicted molar refractivity (Wildman–Crippen MR) is 143 cm³/mol. The van der Waals surface area contributed by atoms with Gasteiger partial charge in [-0.25, -0.2) is 8.78 Å². The van der Waals surface area contributed by atoms with Crippen LogP contribution in [-0.2, 0) is 0 Å². The molecule has 2 fully saturated rings. The van der Waals surface area contributed by atoms with Crippen molar-refractivity contribution in [3.8, 4) is 0 Å². The first kappa shape index (κ1) is 26.6. The van der Waals surface area contributed by atoms with Gasteiger partial charge >= 0.3 is 0 Å². The van der Waals surface area contributed by atoms with Crippen LogP contribution in [0.5, 0.6) is 0 Å². The molecule has 2 amide bonds. The van der Waals surface area contributed by atoms with Crippen LogP contribution in [0.3, 0.4) is 0 Å². The summed E-state index contributed by atoms with van der Waals surface area (Å²) in [6.07, 6.45) is 0.678. The van der Waals surface area contributed by atoms with Crippen molar-refractivity contribution in [3.05, 3.63) is 105 Å². The lowest BCUT2D eigenvalue weighted by Gasteiger charge is -2.25. The van der Waals surface area contributed by atoms with E-state index in [2.05, 4.69) is 10.2 Å². The number of carbonyl (C=O) groups is 2. The quantitative estimate of drug-likeness (QED) is 0.397. The number of nitrogens with one attached hydrogen (secondary N) is 1. The van der Waals surface area contributed by atoms with Crippen molar-refractivity contribution in [1.29, 1.82) is 0 Å². The van der Waals surface area contributed by atoms with E-state index in [1.165, 1.54) is 36.4 Å². The molecule has 2 aliphatic heterocycles. The van der Waals surface area contributed by atoms with E-state index in [0.717, 1.165) is 25.2 Å². The summed E-state index contributed by atoms with van der Waals surface area (Å²) in [5.74, 6) is -1.24. The maximum Gasteiger partial charge on any atom is 0.258 e. The number of nitrogens with zero attached hydrogens (tertiary/aromatic N) is 2. The molecule has 3 unspecified atom stereocenters. The Morgan fingerprint density at radius 2 is 1.58 bits per heavy atom. The van der Waals surface area contributed by atoms with Crippen LogP contribution in [-0.4, -0.2) is 54.3 Å². The molecule has 2 heterocycles. The van der Waals surface area contributed by atoms with Gasteiger partial charge in [0.1, 0.15) is 11.6 Å². The molecule has 0 saturated carbocycles. The van der Waals surface area contributed by atoms with Crippen molar-refractivity contribution in [2.75, 3.05) is 32.7 Å². The summed E-state index contributed by atoms with van der Waals surface area (Å²) in [4.78, 5) is 29.9. The van der Waals surface area contributed by atoms with Crippen molar-refractivity contribution >= 4 is 35.0 Å². The Labute approximate surface area is 230 Å². The molecule has 0 aromatic heterocycles. The van der Waals surface area contributed by atoms with Gasteiger partial charge in [-0.2, -0.15) is 0 Å². The standard InChI is InChI=1S/C29H27Cl2F2N3O2/c30-22-7-4-8-25(33)27(22)29(38)36-16-20-14-35(15-21(20)17-36)12-11-26(18-5-2-1-3-6-18)34-28(37)19-9-10-24(32)23(31)13-19/h1-10,13,20-21,26H,11-12,14-17H2,(H,34,37). The number of hydrogen-bond acceptors (Lipinski definition) is 3. The fourth-order valence-electron chi connectivity index (χ4n) is 5.50. The second kappa shape index (κ2) is 11.4.